The maximum absolute atomic E-state index is 10.8. The number of hydrogen-bond donors (Lipinski definition) is 1. The smallest absolute Gasteiger partial charge is 0.275 e. The highest BCUT2D eigenvalue weighted by molar-refractivity contribution is 5.55. The first-order chi connectivity index (χ1) is 9.15. The molecule has 1 aromatic rings. The molecule has 0 unspecified atom stereocenters. The number of nitro groups is 1. The molecule has 0 radical (unpaired) electrons. The van der Waals surface area contributed by atoms with Crippen LogP contribution in [0.3, 0.4) is 0 Å². The van der Waals surface area contributed by atoms with Gasteiger partial charge in [0.05, 0.1) is 17.1 Å². The Morgan fingerprint density at radius 2 is 2.21 bits per heavy atom. The molecule has 0 aliphatic heterocycles. The first kappa shape index (κ1) is 13.8. The number of rotatable bonds is 6. The molecule has 0 saturated heterocycles. The number of benzene rings is 1. The summed E-state index contributed by atoms with van der Waals surface area (Å²) in [6, 6.07) is 5.00. The second-order valence-electron chi connectivity index (χ2n) is 5.06. The molecular formula is C14H20N2O3. The van der Waals surface area contributed by atoms with E-state index in [2.05, 4.69) is 11.8 Å². The Labute approximate surface area is 113 Å². The van der Waals surface area contributed by atoms with Crippen molar-refractivity contribution in [1.82, 2.24) is 0 Å². The van der Waals surface area contributed by atoms with Gasteiger partial charge >= 0.3 is 0 Å². The lowest BCUT2D eigenvalue weighted by Crippen LogP contribution is -2.32. The van der Waals surface area contributed by atoms with Crippen LogP contribution in [-0.4, -0.2) is 23.1 Å². The van der Waals surface area contributed by atoms with Crippen molar-refractivity contribution in [3.05, 3.63) is 33.9 Å². The Morgan fingerprint density at radius 1 is 1.47 bits per heavy atom. The van der Waals surface area contributed by atoms with Crippen LogP contribution in [-0.2, 0) is 6.61 Å². The predicted molar refractivity (Wildman–Crippen MR) is 74.2 cm³/mol. The molecule has 104 valence electrons. The molecule has 0 amide bonds. The molecule has 0 heterocycles. The van der Waals surface area contributed by atoms with Gasteiger partial charge < -0.3 is 10.0 Å². The monoisotopic (exact) mass is 264 g/mol. The summed E-state index contributed by atoms with van der Waals surface area (Å²) in [5, 5.41) is 20.1. The van der Waals surface area contributed by atoms with E-state index in [0.717, 1.165) is 24.7 Å². The molecule has 0 spiro atoms. The zero-order valence-electron chi connectivity index (χ0n) is 11.2. The third-order valence-electron chi connectivity index (χ3n) is 3.88. The highest BCUT2D eigenvalue weighted by Gasteiger charge is 2.21. The normalized spacial score (nSPS) is 15.1. The summed E-state index contributed by atoms with van der Waals surface area (Å²) in [5.41, 5.74) is 1.34. The van der Waals surface area contributed by atoms with Crippen LogP contribution >= 0.6 is 0 Å². The van der Waals surface area contributed by atoms with Gasteiger partial charge in [-0.15, -0.1) is 0 Å². The van der Waals surface area contributed by atoms with Gasteiger partial charge in [-0.2, -0.15) is 0 Å². The third kappa shape index (κ3) is 3.04. The summed E-state index contributed by atoms with van der Waals surface area (Å²) in [6.07, 6.45) is 3.86. The molecule has 1 aliphatic rings. The van der Waals surface area contributed by atoms with Crippen LogP contribution in [0.1, 0.15) is 31.7 Å². The van der Waals surface area contributed by atoms with Gasteiger partial charge in [-0.05, 0) is 37.8 Å². The SMILES string of the molecule is CCN(CC1CCC1)c1ccc([N+](=O)[O-])c(CO)c1. The second kappa shape index (κ2) is 6.02. The van der Waals surface area contributed by atoms with E-state index < -0.39 is 4.92 Å². The standard InChI is InChI=1S/C14H20N2O3/c1-2-15(9-11-4-3-5-11)13-6-7-14(16(18)19)12(8-13)10-17/h6-8,11,17H,2-5,9-10H2,1H3. The molecule has 5 heteroatoms. The van der Waals surface area contributed by atoms with E-state index in [1.165, 1.54) is 25.3 Å². The minimum Gasteiger partial charge on any atom is -0.391 e. The number of hydrogen-bond acceptors (Lipinski definition) is 4. The minimum absolute atomic E-state index is 0.00838. The van der Waals surface area contributed by atoms with Gasteiger partial charge in [0.2, 0.25) is 0 Å². The van der Waals surface area contributed by atoms with E-state index in [1.54, 1.807) is 12.1 Å². The van der Waals surface area contributed by atoms with E-state index in [1.807, 2.05) is 0 Å². The molecule has 19 heavy (non-hydrogen) atoms. The van der Waals surface area contributed by atoms with Crippen LogP contribution in [0.5, 0.6) is 0 Å². The van der Waals surface area contributed by atoms with Crippen molar-refractivity contribution in [2.75, 3.05) is 18.0 Å². The summed E-state index contributed by atoms with van der Waals surface area (Å²) >= 11 is 0. The quantitative estimate of drug-likeness (QED) is 0.633. The molecule has 1 N–H and O–H groups in total. The second-order valence-corrected chi connectivity index (χ2v) is 5.06. The summed E-state index contributed by atoms with van der Waals surface area (Å²) in [5.74, 6) is 0.743. The molecule has 1 aromatic carbocycles. The molecule has 1 fully saturated rings. The average Bonchev–Trinajstić information content (AvgIpc) is 2.37. The summed E-state index contributed by atoms with van der Waals surface area (Å²) in [4.78, 5) is 12.6. The number of aliphatic hydroxyl groups is 1. The van der Waals surface area contributed by atoms with Crippen LogP contribution in [0.25, 0.3) is 0 Å². The van der Waals surface area contributed by atoms with Gasteiger partial charge in [0.15, 0.2) is 0 Å². The fraction of sp³-hybridized carbons (Fsp3) is 0.571. The predicted octanol–water partition coefficient (Wildman–Crippen LogP) is 2.71. The first-order valence-corrected chi connectivity index (χ1v) is 6.78. The van der Waals surface area contributed by atoms with E-state index in [-0.39, 0.29) is 12.3 Å². The Hall–Kier alpha value is -1.62. The highest BCUT2D eigenvalue weighted by Crippen LogP contribution is 2.30. The zero-order valence-corrected chi connectivity index (χ0v) is 11.2. The summed E-state index contributed by atoms with van der Waals surface area (Å²) in [7, 11) is 0. The van der Waals surface area contributed by atoms with Crippen molar-refractivity contribution in [3.63, 3.8) is 0 Å². The van der Waals surface area contributed by atoms with Crippen LogP contribution in [0.4, 0.5) is 11.4 Å². The van der Waals surface area contributed by atoms with Gasteiger partial charge in [-0.25, -0.2) is 0 Å². The Kier molecular flexibility index (Phi) is 4.37. The van der Waals surface area contributed by atoms with Crippen molar-refractivity contribution < 1.29 is 10.0 Å². The zero-order chi connectivity index (χ0) is 13.8. The maximum atomic E-state index is 10.8. The molecule has 0 bridgehead atoms. The molecule has 1 aliphatic carbocycles. The number of nitro benzene ring substituents is 1. The molecule has 0 atom stereocenters. The molecular weight excluding hydrogens is 244 g/mol. The topological polar surface area (TPSA) is 66.6 Å². The molecule has 2 rings (SSSR count). The van der Waals surface area contributed by atoms with E-state index in [4.69, 9.17) is 0 Å². The van der Waals surface area contributed by atoms with E-state index in [0.29, 0.717) is 5.56 Å². The van der Waals surface area contributed by atoms with Crippen LogP contribution in [0, 0.1) is 16.0 Å². The lowest BCUT2D eigenvalue weighted by Gasteiger charge is -2.33. The van der Waals surface area contributed by atoms with Gasteiger partial charge in [0.25, 0.3) is 5.69 Å². The fourth-order valence-electron chi connectivity index (χ4n) is 2.48. The van der Waals surface area contributed by atoms with Crippen molar-refractivity contribution in [2.45, 2.75) is 32.8 Å². The lowest BCUT2D eigenvalue weighted by molar-refractivity contribution is -0.385. The molecule has 5 nitrogen and oxygen atoms in total. The Balaban J connectivity index is 2.19. The van der Waals surface area contributed by atoms with Gasteiger partial charge in [-0.1, -0.05) is 6.42 Å². The van der Waals surface area contributed by atoms with Crippen LogP contribution < -0.4 is 4.90 Å². The largest absolute Gasteiger partial charge is 0.391 e. The summed E-state index contributed by atoms with van der Waals surface area (Å²) < 4.78 is 0. The third-order valence-corrected chi connectivity index (χ3v) is 3.88. The summed E-state index contributed by atoms with van der Waals surface area (Å²) in [6.45, 7) is 3.65. The van der Waals surface area contributed by atoms with Crippen molar-refractivity contribution >= 4 is 11.4 Å². The molecule has 1 saturated carbocycles. The van der Waals surface area contributed by atoms with Crippen LogP contribution in [0.15, 0.2) is 18.2 Å². The first-order valence-electron chi connectivity index (χ1n) is 6.78. The van der Waals surface area contributed by atoms with E-state index >= 15 is 0 Å². The highest BCUT2D eigenvalue weighted by atomic mass is 16.6. The number of anilines is 1. The number of aliphatic hydroxyl groups excluding tert-OH is 1. The van der Waals surface area contributed by atoms with Gasteiger partial charge in [0, 0.05) is 24.8 Å². The van der Waals surface area contributed by atoms with Crippen LogP contribution in [0.2, 0.25) is 0 Å². The lowest BCUT2D eigenvalue weighted by atomic mass is 9.85. The maximum Gasteiger partial charge on any atom is 0.275 e. The van der Waals surface area contributed by atoms with Gasteiger partial charge in [-0.3, -0.25) is 10.1 Å². The van der Waals surface area contributed by atoms with Crippen molar-refractivity contribution in [2.24, 2.45) is 5.92 Å². The molecule has 0 aromatic heterocycles. The van der Waals surface area contributed by atoms with E-state index in [9.17, 15) is 15.2 Å². The fourth-order valence-corrected chi connectivity index (χ4v) is 2.48. The van der Waals surface area contributed by atoms with Crippen molar-refractivity contribution in [3.8, 4) is 0 Å². The average molecular weight is 264 g/mol. The number of nitrogens with zero attached hydrogens (tertiary/aromatic N) is 2. The van der Waals surface area contributed by atoms with Gasteiger partial charge in [0.1, 0.15) is 0 Å². The Morgan fingerprint density at radius 3 is 2.68 bits per heavy atom. The Bertz CT molecular complexity index is 458. The minimum atomic E-state index is -0.447. The van der Waals surface area contributed by atoms with Crippen molar-refractivity contribution in [1.29, 1.82) is 0 Å².